The molecule has 6 rings (SSSR count). The maximum absolute atomic E-state index is 14.2. The van der Waals surface area contributed by atoms with E-state index in [9.17, 15) is 9.59 Å². The summed E-state index contributed by atoms with van der Waals surface area (Å²) in [6.07, 6.45) is 0. The van der Waals surface area contributed by atoms with E-state index in [0.29, 0.717) is 45.5 Å². The highest BCUT2D eigenvalue weighted by molar-refractivity contribution is 6.12. The normalized spacial score (nSPS) is 17.4. The molecule has 39 heavy (non-hydrogen) atoms. The maximum atomic E-state index is 14.2. The molecule has 1 N–H and O–H groups in total. The first kappa shape index (κ1) is 24.4. The zero-order valence-corrected chi connectivity index (χ0v) is 21.4. The number of ether oxygens (including phenoxy) is 4. The second kappa shape index (κ2) is 10.1. The first-order valence-electron chi connectivity index (χ1n) is 12.5. The van der Waals surface area contributed by atoms with Crippen molar-refractivity contribution >= 4 is 23.2 Å². The zero-order valence-electron chi connectivity index (χ0n) is 21.4. The standard InChI is InChI=1S/C31H26N2O6/c1-36-22-12-7-19(8-13-22)29-28(30(34)32-20-9-16-26-27(17-20)39-18-38-26)24-5-3-4-6-25(24)31(35)33(29)21-10-14-23(37-2)15-11-21/h3-17,28-29H,18H2,1-2H3,(H,32,34)/t28-,29+/m1/s1. The summed E-state index contributed by atoms with van der Waals surface area (Å²) < 4.78 is 21.6. The number of anilines is 2. The van der Waals surface area contributed by atoms with E-state index in [2.05, 4.69) is 5.32 Å². The molecule has 196 valence electrons. The summed E-state index contributed by atoms with van der Waals surface area (Å²) in [6.45, 7) is 0.140. The van der Waals surface area contributed by atoms with Crippen LogP contribution in [0.25, 0.3) is 0 Å². The smallest absolute Gasteiger partial charge is 0.259 e. The number of rotatable bonds is 6. The number of benzene rings is 4. The summed E-state index contributed by atoms with van der Waals surface area (Å²) in [5.74, 6) is 1.37. The van der Waals surface area contributed by atoms with Crippen LogP contribution in [0.1, 0.15) is 33.4 Å². The van der Waals surface area contributed by atoms with Crippen LogP contribution in [0.4, 0.5) is 11.4 Å². The minimum Gasteiger partial charge on any atom is -0.497 e. The van der Waals surface area contributed by atoms with Crippen LogP contribution in [0, 0.1) is 0 Å². The molecule has 0 saturated heterocycles. The lowest BCUT2D eigenvalue weighted by atomic mass is 9.78. The van der Waals surface area contributed by atoms with Crippen LogP contribution in [0.5, 0.6) is 23.0 Å². The first-order valence-corrected chi connectivity index (χ1v) is 12.5. The number of carbonyl (C=O) groups is 2. The third-order valence-corrected chi connectivity index (χ3v) is 7.07. The molecule has 0 fully saturated rings. The summed E-state index contributed by atoms with van der Waals surface area (Å²) >= 11 is 0. The van der Waals surface area contributed by atoms with Crippen molar-refractivity contribution in [2.24, 2.45) is 0 Å². The largest absolute Gasteiger partial charge is 0.497 e. The average Bonchev–Trinajstić information content (AvgIpc) is 3.45. The number of amides is 2. The van der Waals surface area contributed by atoms with E-state index in [1.54, 1.807) is 55.5 Å². The molecule has 0 bridgehead atoms. The highest BCUT2D eigenvalue weighted by Crippen LogP contribution is 2.46. The van der Waals surface area contributed by atoms with Gasteiger partial charge in [0.15, 0.2) is 11.5 Å². The van der Waals surface area contributed by atoms with E-state index in [1.165, 1.54) is 0 Å². The van der Waals surface area contributed by atoms with E-state index < -0.39 is 12.0 Å². The molecule has 4 aromatic carbocycles. The summed E-state index contributed by atoms with van der Waals surface area (Å²) in [5, 5.41) is 3.05. The molecule has 2 aliphatic rings. The summed E-state index contributed by atoms with van der Waals surface area (Å²) in [4.78, 5) is 29.9. The van der Waals surface area contributed by atoms with Gasteiger partial charge in [0.05, 0.1) is 26.2 Å². The van der Waals surface area contributed by atoms with Crippen LogP contribution < -0.4 is 29.2 Å². The predicted molar refractivity (Wildman–Crippen MR) is 146 cm³/mol. The molecular formula is C31H26N2O6. The Morgan fingerprint density at radius 2 is 1.51 bits per heavy atom. The van der Waals surface area contributed by atoms with E-state index >= 15 is 0 Å². The summed E-state index contributed by atoms with van der Waals surface area (Å²) in [6, 6.07) is 26.6. The van der Waals surface area contributed by atoms with Crippen LogP contribution >= 0.6 is 0 Å². The second-order valence-electron chi connectivity index (χ2n) is 9.21. The molecule has 0 unspecified atom stereocenters. The quantitative estimate of drug-likeness (QED) is 0.357. The van der Waals surface area contributed by atoms with Gasteiger partial charge in [0, 0.05) is 23.0 Å². The summed E-state index contributed by atoms with van der Waals surface area (Å²) in [5.41, 5.74) is 3.15. The van der Waals surface area contributed by atoms with E-state index in [-0.39, 0.29) is 18.6 Å². The molecule has 0 spiro atoms. The van der Waals surface area contributed by atoms with Gasteiger partial charge in [-0.15, -0.1) is 0 Å². The lowest BCUT2D eigenvalue weighted by Crippen LogP contribution is -2.46. The first-order chi connectivity index (χ1) is 19.1. The van der Waals surface area contributed by atoms with Crippen molar-refractivity contribution in [2.45, 2.75) is 12.0 Å². The van der Waals surface area contributed by atoms with Gasteiger partial charge in [-0.05, 0) is 65.7 Å². The van der Waals surface area contributed by atoms with Crippen molar-refractivity contribution in [3.8, 4) is 23.0 Å². The van der Waals surface area contributed by atoms with Crippen LogP contribution in [0.2, 0.25) is 0 Å². The molecule has 8 heteroatoms. The maximum Gasteiger partial charge on any atom is 0.259 e. The highest BCUT2D eigenvalue weighted by atomic mass is 16.7. The number of methoxy groups -OCH3 is 2. The van der Waals surface area contributed by atoms with Crippen LogP contribution in [-0.4, -0.2) is 32.8 Å². The fourth-order valence-electron chi connectivity index (χ4n) is 5.18. The molecule has 0 aliphatic carbocycles. The fourth-order valence-corrected chi connectivity index (χ4v) is 5.18. The van der Waals surface area contributed by atoms with Gasteiger partial charge in [-0.25, -0.2) is 0 Å². The highest BCUT2D eigenvalue weighted by Gasteiger charge is 2.45. The Balaban J connectivity index is 1.48. The average molecular weight is 523 g/mol. The van der Waals surface area contributed by atoms with Gasteiger partial charge < -0.3 is 24.3 Å². The Bertz CT molecular complexity index is 1530. The van der Waals surface area contributed by atoms with Crippen molar-refractivity contribution in [3.05, 3.63) is 108 Å². The minimum absolute atomic E-state index is 0.140. The summed E-state index contributed by atoms with van der Waals surface area (Å²) in [7, 11) is 3.19. The third-order valence-electron chi connectivity index (χ3n) is 7.07. The topological polar surface area (TPSA) is 86.3 Å². The van der Waals surface area contributed by atoms with Crippen LogP contribution in [0.15, 0.2) is 91.0 Å². The Hall–Kier alpha value is -4.98. The predicted octanol–water partition coefficient (Wildman–Crippen LogP) is 5.56. The monoisotopic (exact) mass is 522 g/mol. The number of fused-ring (bicyclic) bond motifs is 2. The molecular weight excluding hydrogens is 496 g/mol. The van der Waals surface area contributed by atoms with Crippen molar-refractivity contribution in [1.82, 2.24) is 0 Å². The SMILES string of the molecule is COc1ccc([C@H]2[C@H](C(=O)Nc3ccc4c(c3)OCO4)c3ccccc3C(=O)N2c2ccc(OC)cc2)cc1. The minimum atomic E-state index is -0.722. The number of hydrogen-bond acceptors (Lipinski definition) is 6. The van der Waals surface area contributed by atoms with Crippen molar-refractivity contribution < 1.29 is 28.5 Å². The Kier molecular flexibility index (Phi) is 6.28. The van der Waals surface area contributed by atoms with Gasteiger partial charge >= 0.3 is 0 Å². The molecule has 2 aliphatic heterocycles. The van der Waals surface area contributed by atoms with E-state index in [4.69, 9.17) is 18.9 Å². The Morgan fingerprint density at radius 1 is 0.846 bits per heavy atom. The number of nitrogens with zero attached hydrogens (tertiary/aromatic N) is 1. The van der Waals surface area contributed by atoms with E-state index in [0.717, 1.165) is 5.56 Å². The van der Waals surface area contributed by atoms with Crippen LogP contribution in [0.3, 0.4) is 0 Å². The van der Waals surface area contributed by atoms with Crippen molar-refractivity contribution in [2.75, 3.05) is 31.2 Å². The number of carbonyl (C=O) groups excluding carboxylic acids is 2. The fraction of sp³-hybridized carbons (Fsp3) is 0.161. The molecule has 2 atom stereocenters. The zero-order chi connectivity index (χ0) is 26.9. The van der Waals surface area contributed by atoms with Gasteiger partial charge in [0.1, 0.15) is 11.5 Å². The lowest BCUT2D eigenvalue weighted by Gasteiger charge is -2.42. The van der Waals surface area contributed by atoms with E-state index in [1.807, 2.05) is 54.6 Å². The molecule has 0 aromatic heterocycles. The molecule has 2 amide bonds. The van der Waals surface area contributed by atoms with Gasteiger partial charge in [-0.1, -0.05) is 30.3 Å². The van der Waals surface area contributed by atoms with Crippen LogP contribution in [-0.2, 0) is 4.79 Å². The van der Waals surface area contributed by atoms with Gasteiger partial charge in [-0.2, -0.15) is 0 Å². The molecule has 8 nitrogen and oxygen atoms in total. The number of nitrogens with one attached hydrogen (secondary N) is 1. The third kappa shape index (κ3) is 4.40. The molecule has 0 saturated carbocycles. The Labute approximate surface area is 225 Å². The molecule has 2 heterocycles. The van der Waals surface area contributed by atoms with Gasteiger partial charge in [0.2, 0.25) is 12.7 Å². The van der Waals surface area contributed by atoms with Crippen molar-refractivity contribution in [3.63, 3.8) is 0 Å². The molecule has 0 radical (unpaired) electrons. The number of hydrogen-bond donors (Lipinski definition) is 1. The Morgan fingerprint density at radius 3 is 2.23 bits per heavy atom. The second-order valence-corrected chi connectivity index (χ2v) is 9.21. The van der Waals surface area contributed by atoms with Gasteiger partial charge in [0.25, 0.3) is 5.91 Å². The lowest BCUT2D eigenvalue weighted by molar-refractivity contribution is -0.118. The van der Waals surface area contributed by atoms with Gasteiger partial charge in [-0.3, -0.25) is 14.5 Å². The molecule has 4 aromatic rings. The van der Waals surface area contributed by atoms with Crippen molar-refractivity contribution in [1.29, 1.82) is 0 Å².